The summed E-state index contributed by atoms with van der Waals surface area (Å²) < 4.78 is 0. The molecule has 94 valence electrons. The highest BCUT2D eigenvalue weighted by atomic mass is 16.1. The summed E-state index contributed by atoms with van der Waals surface area (Å²) in [6.45, 7) is 1.80. The standard InChI is InChI=1S/C12H15N5O/c1-9(18)6-14-11-5-12(16-8-15-11)17(2)10-3-4-13-7-10/h3-5,7-8,13H,6H2,1-2H3,(H,14,15,16). The summed E-state index contributed by atoms with van der Waals surface area (Å²) in [5.41, 5.74) is 1.01. The molecule has 0 spiro atoms. The van der Waals surface area contributed by atoms with E-state index in [1.54, 1.807) is 6.07 Å². The summed E-state index contributed by atoms with van der Waals surface area (Å²) in [5, 5.41) is 2.95. The predicted octanol–water partition coefficient (Wildman–Crippen LogP) is 1.57. The highest BCUT2D eigenvalue weighted by molar-refractivity contribution is 5.80. The second-order valence-electron chi connectivity index (χ2n) is 3.95. The smallest absolute Gasteiger partial charge is 0.148 e. The molecule has 2 aromatic rings. The maximum absolute atomic E-state index is 10.9. The van der Waals surface area contributed by atoms with E-state index in [0.717, 1.165) is 11.5 Å². The van der Waals surface area contributed by atoms with E-state index < -0.39 is 0 Å². The Morgan fingerprint density at radius 3 is 3.00 bits per heavy atom. The van der Waals surface area contributed by atoms with Crippen molar-refractivity contribution in [3.8, 4) is 0 Å². The number of H-pyrrole nitrogens is 1. The molecule has 0 atom stereocenters. The van der Waals surface area contributed by atoms with Gasteiger partial charge in [-0.05, 0) is 13.0 Å². The van der Waals surface area contributed by atoms with E-state index in [-0.39, 0.29) is 12.3 Å². The number of hydrogen-bond donors (Lipinski definition) is 2. The molecule has 18 heavy (non-hydrogen) atoms. The zero-order valence-electron chi connectivity index (χ0n) is 10.3. The number of aromatic amines is 1. The maximum atomic E-state index is 10.9. The second kappa shape index (κ2) is 5.31. The third-order valence-electron chi connectivity index (χ3n) is 2.48. The molecule has 0 saturated heterocycles. The van der Waals surface area contributed by atoms with Crippen LogP contribution in [-0.4, -0.2) is 34.3 Å². The lowest BCUT2D eigenvalue weighted by Crippen LogP contribution is -2.14. The number of ketones is 1. The van der Waals surface area contributed by atoms with Crippen LogP contribution in [-0.2, 0) is 4.79 Å². The highest BCUT2D eigenvalue weighted by Crippen LogP contribution is 2.21. The van der Waals surface area contributed by atoms with Gasteiger partial charge >= 0.3 is 0 Å². The Balaban J connectivity index is 2.14. The average molecular weight is 245 g/mol. The molecule has 2 heterocycles. The predicted molar refractivity (Wildman–Crippen MR) is 70.1 cm³/mol. The number of hydrogen-bond acceptors (Lipinski definition) is 5. The van der Waals surface area contributed by atoms with Gasteiger partial charge in [-0.15, -0.1) is 0 Å². The van der Waals surface area contributed by atoms with Gasteiger partial charge in [0.05, 0.1) is 12.2 Å². The Bertz CT molecular complexity index is 523. The van der Waals surface area contributed by atoms with Crippen molar-refractivity contribution < 1.29 is 4.79 Å². The minimum atomic E-state index is 0.0640. The van der Waals surface area contributed by atoms with Crippen molar-refractivity contribution >= 4 is 23.1 Å². The van der Waals surface area contributed by atoms with E-state index in [2.05, 4.69) is 20.3 Å². The molecule has 0 aliphatic carbocycles. The molecular weight excluding hydrogens is 230 g/mol. The third kappa shape index (κ3) is 2.85. The maximum Gasteiger partial charge on any atom is 0.148 e. The molecule has 0 fully saturated rings. The lowest BCUT2D eigenvalue weighted by atomic mass is 10.4. The number of aromatic nitrogens is 3. The van der Waals surface area contributed by atoms with Crippen LogP contribution in [0.4, 0.5) is 17.3 Å². The molecule has 2 aromatic heterocycles. The van der Waals surface area contributed by atoms with Gasteiger partial charge in [0.25, 0.3) is 0 Å². The van der Waals surface area contributed by atoms with Crippen molar-refractivity contribution in [2.45, 2.75) is 6.92 Å². The van der Waals surface area contributed by atoms with Crippen LogP contribution in [0.15, 0.2) is 30.9 Å². The summed E-state index contributed by atoms with van der Waals surface area (Å²) in [4.78, 5) is 24.1. The number of Topliss-reactive ketones (excluding diaryl/α,β-unsaturated/α-hetero) is 1. The molecule has 0 aliphatic rings. The van der Waals surface area contributed by atoms with Gasteiger partial charge in [-0.1, -0.05) is 0 Å². The normalized spacial score (nSPS) is 10.1. The summed E-state index contributed by atoms with van der Waals surface area (Å²) in [6, 6.07) is 3.75. The number of carbonyl (C=O) groups excluding carboxylic acids is 1. The van der Waals surface area contributed by atoms with Crippen LogP contribution >= 0.6 is 0 Å². The largest absolute Gasteiger partial charge is 0.366 e. The van der Waals surface area contributed by atoms with Crippen molar-refractivity contribution in [3.05, 3.63) is 30.9 Å². The fourth-order valence-electron chi connectivity index (χ4n) is 1.50. The number of carbonyl (C=O) groups is 1. The van der Waals surface area contributed by atoms with E-state index >= 15 is 0 Å². The molecule has 0 bridgehead atoms. The van der Waals surface area contributed by atoms with Crippen molar-refractivity contribution in [1.29, 1.82) is 0 Å². The molecule has 6 heteroatoms. The van der Waals surface area contributed by atoms with Crippen LogP contribution in [0.5, 0.6) is 0 Å². The molecule has 0 unspecified atom stereocenters. The van der Waals surface area contributed by atoms with Gasteiger partial charge in [0, 0.05) is 25.5 Å². The first kappa shape index (κ1) is 12.1. The van der Waals surface area contributed by atoms with Gasteiger partial charge in [-0.2, -0.15) is 0 Å². The quantitative estimate of drug-likeness (QED) is 0.836. The minimum Gasteiger partial charge on any atom is -0.366 e. The van der Waals surface area contributed by atoms with Gasteiger partial charge in [-0.25, -0.2) is 9.97 Å². The van der Waals surface area contributed by atoms with Crippen LogP contribution in [0, 0.1) is 0 Å². The first-order valence-electron chi connectivity index (χ1n) is 5.58. The van der Waals surface area contributed by atoms with Crippen molar-refractivity contribution in [2.75, 3.05) is 23.8 Å². The SMILES string of the molecule is CC(=O)CNc1cc(N(C)c2cc[nH]c2)ncn1. The Labute approximate surface area is 105 Å². The molecular formula is C12H15N5O. The van der Waals surface area contributed by atoms with Crippen LogP contribution in [0.25, 0.3) is 0 Å². The molecule has 6 nitrogen and oxygen atoms in total. The van der Waals surface area contributed by atoms with Gasteiger partial charge in [-0.3, -0.25) is 4.79 Å². The monoisotopic (exact) mass is 245 g/mol. The van der Waals surface area contributed by atoms with Gasteiger partial charge in [0.1, 0.15) is 23.7 Å². The lowest BCUT2D eigenvalue weighted by Gasteiger charge is -2.16. The zero-order chi connectivity index (χ0) is 13.0. The molecule has 0 aliphatic heterocycles. The van der Waals surface area contributed by atoms with Gasteiger partial charge < -0.3 is 15.2 Å². The van der Waals surface area contributed by atoms with E-state index in [0.29, 0.717) is 5.82 Å². The zero-order valence-corrected chi connectivity index (χ0v) is 10.3. The first-order chi connectivity index (χ1) is 8.66. The van der Waals surface area contributed by atoms with Gasteiger partial charge in [0.15, 0.2) is 0 Å². The summed E-state index contributed by atoms with van der Waals surface area (Å²) >= 11 is 0. The molecule has 0 aromatic carbocycles. The van der Waals surface area contributed by atoms with Crippen molar-refractivity contribution in [3.63, 3.8) is 0 Å². The number of anilines is 3. The average Bonchev–Trinajstić information content (AvgIpc) is 2.89. The molecule has 0 saturated carbocycles. The highest BCUT2D eigenvalue weighted by Gasteiger charge is 2.07. The van der Waals surface area contributed by atoms with Crippen molar-refractivity contribution in [1.82, 2.24) is 15.0 Å². The Hall–Kier alpha value is -2.37. The Morgan fingerprint density at radius 1 is 1.50 bits per heavy atom. The summed E-state index contributed by atoms with van der Waals surface area (Å²) in [5.74, 6) is 1.46. The number of nitrogens with zero attached hydrogens (tertiary/aromatic N) is 3. The summed E-state index contributed by atoms with van der Waals surface area (Å²) in [6.07, 6.45) is 5.20. The number of rotatable bonds is 5. The van der Waals surface area contributed by atoms with Crippen LogP contribution < -0.4 is 10.2 Å². The van der Waals surface area contributed by atoms with Gasteiger partial charge in [0.2, 0.25) is 0 Å². The third-order valence-corrected chi connectivity index (χ3v) is 2.48. The first-order valence-corrected chi connectivity index (χ1v) is 5.58. The Morgan fingerprint density at radius 2 is 2.33 bits per heavy atom. The Kier molecular flexibility index (Phi) is 3.57. The van der Waals surface area contributed by atoms with Crippen molar-refractivity contribution in [2.24, 2.45) is 0 Å². The van der Waals surface area contributed by atoms with Crippen LogP contribution in [0.1, 0.15) is 6.92 Å². The fourth-order valence-corrected chi connectivity index (χ4v) is 1.50. The molecule has 2 N–H and O–H groups in total. The topological polar surface area (TPSA) is 73.9 Å². The fraction of sp³-hybridized carbons (Fsp3) is 0.250. The molecule has 0 amide bonds. The minimum absolute atomic E-state index is 0.0640. The van der Waals surface area contributed by atoms with E-state index in [1.165, 1.54) is 13.3 Å². The summed E-state index contributed by atoms with van der Waals surface area (Å²) in [7, 11) is 1.92. The molecule has 2 rings (SSSR count). The van der Waals surface area contributed by atoms with E-state index in [9.17, 15) is 4.79 Å². The number of nitrogens with one attached hydrogen (secondary N) is 2. The van der Waals surface area contributed by atoms with Crippen LogP contribution in [0.3, 0.4) is 0 Å². The lowest BCUT2D eigenvalue weighted by molar-refractivity contribution is -0.115. The second-order valence-corrected chi connectivity index (χ2v) is 3.95. The molecule has 0 radical (unpaired) electrons. The van der Waals surface area contributed by atoms with E-state index in [1.807, 2.05) is 30.4 Å². The van der Waals surface area contributed by atoms with Crippen LogP contribution in [0.2, 0.25) is 0 Å². The van der Waals surface area contributed by atoms with E-state index in [4.69, 9.17) is 0 Å².